The highest BCUT2D eigenvalue weighted by molar-refractivity contribution is 5.90. The Morgan fingerprint density at radius 1 is 0.909 bits per heavy atom. The van der Waals surface area contributed by atoms with Crippen molar-refractivity contribution in [1.82, 2.24) is 35.2 Å². The molecule has 2 N–H and O–H groups in total. The van der Waals surface area contributed by atoms with Gasteiger partial charge in [-0.05, 0) is 30.5 Å². The normalized spacial score (nSPS) is 15.7. The van der Waals surface area contributed by atoms with Crippen molar-refractivity contribution in [2.75, 3.05) is 0 Å². The van der Waals surface area contributed by atoms with Crippen LogP contribution in [0.2, 0.25) is 0 Å². The highest BCUT2D eigenvalue weighted by Gasteiger charge is 2.33. The summed E-state index contributed by atoms with van der Waals surface area (Å²) >= 11 is 0. The number of alkyl halides is 8. The van der Waals surface area contributed by atoms with E-state index in [1.807, 2.05) is 0 Å². The van der Waals surface area contributed by atoms with Crippen molar-refractivity contribution in [3.63, 3.8) is 0 Å². The molecule has 44 heavy (non-hydrogen) atoms. The van der Waals surface area contributed by atoms with Gasteiger partial charge in [0.05, 0.1) is 31.1 Å². The van der Waals surface area contributed by atoms with E-state index in [2.05, 4.69) is 30.7 Å². The van der Waals surface area contributed by atoms with E-state index in [-0.39, 0.29) is 25.9 Å². The van der Waals surface area contributed by atoms with Gasteiger partial charge in [0, 0.05) is 32.0 Å². The second-order valence-corrected chi connectivity index (χ2v) is 10.2. The van der Waals surface area contributed by atoms with Crippen LogP contribution in [-0.4, -0.2) is 48.5 Å². The van der Waals surface area contributed by atoms with Gasteiger partial charge in [0.2, 0.25) is 17.7 Å². The molecular weight excluding hydrogens is 606 g/mol. The van der Waals surface area contributed by atoms with E-state index >= 15 is 0 Å². The minimum Gasteiger partial charge on any atom is -0.352 e. The van der Waals surface area contributed by atoms with Crippen molar-refractivity contribution < 1.29 is 44.7 Å². The van der Waals surface area contributed by atoms with Gasteiger partial charge in [-0.3, -0.25) is 9.59 Å². The Kier molecular flexibility index (Phi) is 11.9. The maximum absolute atomic E-state index is 12.7. The summed E-state index contributed by atoms with van der Waals surface area (Å²) in [6.07, 6.45) is -0.253. The Morgan fingerprint density at radius 3 is 2.14 bits per heavy atom. The summed E-state index contributed by atoms with van der Waals surface area (Å²) in [5.41, 5.74) is -0.148. The summed E-state index contributed by atoms with van der Waals surface area (Å²) in [6, 6.07) is 2.17. The quantitative estimate of drug-likeness (QED) is 0.299. The molecule has 0 aromatic carbocycles. The minimum atomic E-state index is -4.72. The summed E-state index contributed by atoms with van der Waals surface area (Å²) in [5, 5.41) is 8.75. The molecular formula is C27H31F8N7O2. The smallest absolute Gasteiger partial charge is 0.352 e. The number of nitrogens with one attached hydrogen (secondary N) is 2. The first-order valence-corrected chi connectivity index (χ1v) is 13.8. The number of aromatic nitrogens is 5. The number of hydrogen-bond acceptors (Lipinski definition) is 6. The van der Waals surface area contributed by atoms with Crippen LogP contribution in [0.5, 0.6) is 0 Å². The van der Waals surface area contributed by atoms with Gasteiger partial charge >= 0.3 is 12.4 Å². The van der Waals surface area contributed by atoms with Crippen LogP contribution in [0, 0.1) is 0 Å². The van der Waals surface area contributed by atoms with E-state index in [1.54, 1.807) is 0 Å². The molecule has 3 heterocycles. The molecule has 0 atom stereocenters. The van der Waals surface area contributed by atoms with Crippen LogP contribution < -0.4 is 10.6 Å². The molecule has 17 heteroatoms. The first-order chi connectivity index (χ1) is 20.6. The zero-order valence-corrected chi connectivity index (χ0v) is 23.4. The van der Waals surface area contributed by atoms with E-state index in [9.17, 15) is 44.7 Å². The molecule has 2 aliphatic carbocycles. The molecule has 3 aromatic rings. The molecule has 0 aliphatic heterocycles. The standard InChI is InChI=1S/C18H15F6N7O2.C6H10F2.C3H6/c19-17(20,21)3-1-14(32)26-6-10-5-13-29-11(9-31(13)28-7-10)8-27-16(33)15-25-4-2-12(30-15)18(22,23)24;7-6(8)4-2-1-3-5-6;1-2-3-1/h2,4-5,7,9H,1,3,6,8H2,(H,26,32)(H,27,33);1-5H2;1-3H2. The van der Waals surface area contributed by atoms with E-state index in [1.165, 1.54) is 42.2 Å². The topological polar surface area (TPSA) is 114 Å². The zero-order chi connectivity index (χ0) is 32.4. The molecule has 0 unspecified atom stereocenters. The van der Waals surface area contributed by atoms with Gasteiger partial charge in [-0.25, -0.2) is 28.2 Å². The van der Waals surface area contributed by atoms with Crippen LogP contribution in [0.15, 0.2) is 30.7 Å². The van der Waals surface area contributed by atoms with Gasteiger partial charge in [-0.15, -0.1) is 0 Å². The number of amides is 2. The second-order valence-electron chi connectivity index (χ2n) is 10.2. The van der Waals surface area contributed by atoms with Gasteiger partial charge < -0.3 is 10.6 Å². The average Bonchev–Trinajstić information content (AvgIpc) is 3.79. The maximum atomic E-state index is 12.7. The van der Waals surface area contributed by atoms with Crippen LogP contribution in [0.4, 0.5) is 35.1 Å². The fraction of sp³-hybridized carbons (Fsp3) is 0.556. The van der Waals surface area contributed by atoms with E-state index in [0.717, 1.165) is 12.6 Å². The molecule has 0 bridgehead atoms. The van der Waals surface area contributed by atoms with Crippen molar-refractivity contribution >= 4 is 17.5 Å². The number of imidazole rings is 1. The highest BCUT2D eigenvalue weighted by atomic mass is 19.4. The lowest BCUT2D eigenvalue weighted by Crippen LogP contribution is -2.26. The lowest BCUT2D eigenvalue weighted by molar-refractivity contribution is -0.144. The largest absolute Gasteiger partial charge is 0.433 e. The predicted octanol–water partition coefficient (Wildman–Crippen LogP) is 6.18. The molecule has 2 amide bonds. The third kappa shape index (κ3) is 12.8. The number of nitrogens with zero attached hydrogens (tertiary/aromatic N) is 5. The first kappa shape index (κ1) is 34.6. The Morgan fingerprint density at radius 2 is 1.57 bits per heavy atom. The number of halogens is 8. The van der Waals surface area contributed by atoms with Crippen LogP contribution >= 0.6 is 0 Å². The zero-order valence-electron chi connectivity index (χ0n) is 23.4. The number of carbonyl (C=O) groups is 2. The molecule has 2 fully saturated rings. The second kappa shape index (κ2) is 15.2. The van der Waals surface area contributed by atoms with Gasteiger partial charge in [-0.2, -0.15) is 31.4 Å². The van der Waals surface area contributed by atoms with Gasteiger partial charge in [-0.1, -0.05) is 25.7 Å². The maximum Gasteiger partial charge on any atom is 0.433 e. The summed E-state index contributed by atoms with van der Waals surface area (Å²) in [5.74, 6) is -4.68. The molecule has 0 radical (unpaired) electrons. The molecule has 242 valence electrons. The third-order valence-electron chi connectivity index (χ3n) is 6.07. The van der Waals surface area contributed by atoms with Crippen LogP contribution in [0.1, 0.15) is 91.8 Å². The fourth-order valence-corrected chi connectivity index (χ4v) is 3.64. The first-order valence-electron chi connectivity index (χ1n) is 13.8. The van der Waals surface area contributed by atoms with Crippen molar-refractivity contribution in [2.45, 2.75) is 95.6 Å². The van der Waals surface area contributed by atoms with Crippen LogP contribution in [-0.2, 0) is 24.1 Å². The Labute approximate surface area is 246 Å². The van der Waals surface area contributed by atoms with E-state index in [0.29, 0.717) is 35.8 Å². The van der Waals surface area contributed by atoms with Gasteiger partial charge in [0.15, 0.2) is 5.65 Å². The van der Waals surface area contributed by atoms with Crippen molar-refractivity contribution in [3.05, 3.63) is 53.5 Å². The predicted molar refractivity (Wildman–Crippen MR) is 140 cm³/mol. The van der Waals surface area contributed by atoms with Crippen molar-refractivity contribution in [2.24, 2.45) is 0 Å². The number of fused-ring (bicyclic) bond motifs is 1. The average molecular weight is 638 g/mol. The Hall–Kier alpha value is -3.92. The SMILES string of the molecule is C1CC1.FC1(F)CCCCC1.O=C(CCC(F)(F)F)NCc1cnn2cc(CNC(=O)c3nccc(C(F)(F)F)n3)nc2c1. The lowest BCUT2D eigenvalue weighted by atomic mass is 9.97. The third-order valence-corrected chi connectivity index (χ3v) is 6.07. The highest BCUT2D eigenvalue weighted by Crippen LogP contribution is 2.32. The van der Waals surface area contributed by atoms with Crippen LogP contribution in [0.25, 0.3) is 5.65 Å². The number of carbonyl (C=O) groups excluding carboxylic acids is 2. The fourth-order valence-electron chi connectivity index (χ4n) is 3.64. The monoisotopic (exact) mass is 637 g/mol. The summed E-state index contributed by atoms with van der Waals surface area (Å²) < 4.78 is 100. The minimum absolute atomic E-state index is 0.0635. The van der Waals surface area contributed by atoms with E-state index < -0.39 is 54.4 Å². The van der Waals surface area contributed by atoms with Gasteiger partial charge in [0.25, 0.3) is 5.91 Å². The summed E-state index contributed by atoms with van der Waals surface area (Å²) in [7, 11) is 0. The van der Waals surface area contributed by atoms with Crippen LogP contribution in [0.3, 0.4) is 0 Å². The molecule has 2 aliphatic rings. The molecule has 9 nitrogen and oxygen atoms in total. The molecule has 0 saturated heterocycles. The summed E-state index contributed by atoms with van der Waals surface area (Å²) in [4.78, 5) is 34.5. The molecule has 2 saturated carbocycles. The number of hydrogen-bond donors (Lipinski definition) is 2. The van der Waals surface area contributed by atoms with Crippen molar-refractivity contribution in [1.29, 1.82) is 0 Å². The van der Waals surface area contributed by atoms with Gasteiger partial charge in [0.1, 0.15) is 5.69 Å². The Bertz CT molecular complexity index is 1380. The van der Waals surface area contributed by atoms with Crippen molar-refractivity contribution in [3.8, 4) is 0 Å². The molecule has 3 aromatic heterocycles. The van der Waals surface area contributed by atoms with E-state index in [4.69, 9.17) is 0 Å². The molecule has 0 spiro atoms. The number of rotatable bonds is 7. The molecule has 5 rings (SSSR count). The Balaban J connectivity index is 0.000000400. The summed E-state index contributed by atoms with van der Waals surface area (Å²) in [6.45, 7) is -0.225. The lowest BCUT2D eigenvalue weighted by Gasteiger charge is -2.20.